The van der Waals surface area contributed by atoms with Crippen molar-refractivity contribution in [2.75, 3.05) is 0 Å². The highest BCUT2D eigenvalue weighted by Crippen LogP contribution is 2.20. The topological polar surface area (TPSA) is 15.8 Å². The number of thiazole rings is 1. The fourth-order valence-electron chi connectivity index (χ4n) is 1.23. The van der Waals surface area contributed by atoms with Gasteiger partial charge in [-0.2, -0.15) is 0 Å². The highest BCUT2D eigenvalue weighted by atomic mass is 35.5. The first-order valence-corrected chi connectivity index (χ1v) is 5.77. The zero-order chi connectivity index (χ0) is 9.97. The summed E-state index contributed by atoms with van der Waals surface area (Å²) >= 11 is 12.7. The Morgan fingerprint density at radius 3 is 2.79 bits per heavy atom. The standard InChI is InChI=1S/C10H8ClNS2/c11-9-4-2-1-3-7(9)5-8-6-12-10(13)14-8/h1-4,6H,5H2,(H,12,13). The second-order valence-electron chi connectivity index (χ2n) is 2.91. The van der Waals surface area contributed by atoms with Crippen molar-refractivity contribution in [2.24, 2.45) is 0 Å². The molecule has 1 aromatic carbocycles. The lowest BCUT2D eigenvalue weighted by Crippen LogP contribution is -1.84. The van der Waals surface area contributed by atoms with Crippen LogP contribution in [0.2, 0.25) is 5.02 Å². The van der Waals surface area contributed by atoms with Crippen LogP contribution in [0.5, 0.6) is 0 Å². The second-order valence-corrected chi connectivity index (χ2v) is 5.12. The van der Waals surface area contributed by atoms with E-state index in [0.29, 0.717) is 0 Å². The van der Waals surface area contributed by atoms with Crippen molar-refractivity contribution in [1.82, 2.24) is 4.98 Å². The largest absolute Gasteiger partial charge is 0.343 e. The maximum atomic E-state index is 6.05. The lowest BCUT2D eigenvalue weighted by Gasteiger charge is -2.00. The van der Waals surface area contributed by atoms with Crippen LogP contribution in [0.25, 0.3) is 0 Å². The van der Waals surface area contributed by atoms with Crippen molar-refractivity contribution < 1.29 is 0 Å². The van der Waals surface area contributed by atoms with E-state index in [1.54, 1.807) is 11.3 Å². The molecule has 0 aliphatic carbocycles. The molecule has 0 unspecified atom stereocenters. The summed E-state index contributed by atoms with van der Waals surface area (Å²) in [6.07, 6.45) is 2.79. The molecule has 1 aromatic heterocycles. The Labute approximate surface area is 96.4 Å². The number of aromatic amines is 1. The lowest BCUT2D eigenvalue weighted by molar-refractivity contribution is 1.22. The fraction of sp³-hybridized carbons (Fsp3) is 0.100. The van der Waals surface area contributed by atoms with Crippen LogP contribution in [0.15, 0.2) is 30.5 Å². The number of benzene rings is 1. The fourth-order valence-corrected chi connectivity index (χ4v) is 2.52. The minimum Gasteiger partial charge on any atom is -0.343 e. The molecule has 1 heterocycles. The molecule has 0 aliphatic rings. The van der Waals surface area contributed by atoms with E-state index >= 15 is 0 Å². The molecule has 0 spiro atoms. The summed E-state index contributed by atoms with van der Waals surface area (Å²) in [6.45, 7) is 0. The van der Waals surface area contributed by atoms with Gasteiger partial charge in [0.05, 0.1) is 0 Å². The number of nitrogens with one attached hydrogen (secondary N) is 1. The second kappa shape index (κ2) is 4.26. The molecular formula is C10H8ClNS2. The molecule has 0 fully saturated rings. The summed E-state index contributed by atoms with van der Waals surface area (Å²) in [6, 6.07) is 7.87. The monoisotopic (exact) mass is 241 g/mol. The van der Waals surface area contributed by atoms with Crippen LogP contribution in [0.1, 0.15) is 10.4 Å². The quantitative estimate of drug-likeness (QED) is 0.785. The van der Waals surface area contributed by atoms with Crippen LogP contribution in [-0.4, -0.2) is 4.98 Å². The van der Waals surface area contributed by atoms with Crippen molar-refractivity contribution in [3.8, 4) is 0 Å². The van der Waals surface area contributed by atoms with Gasteiger partial charge in [0.15, 0.2) is 3.95 Å². The molecule has 4 heteroatoms. The SMILES string of the molecule is S=c1[nH]cc(Cc2ccccc2Cl)s1. The van der Waals surface area contributed by atoms with E-state index < -0.39 is 0 Å². The van der Waals surface area contributed by atoms with E-state index in [0.717, 1.165) is 21.0 Å². The predicted octanol–water partition coefficient (Wildman–Crippen LogP) is 4.05. The maximum absolute atomic E-state index is 6.05. The zero-order valence-electron chi connectivity index (χ0n) is 7.29. The van der Waals surface area contributed by atoms with Crippen LogP contribution in [0.4, 0.5) is 0 Å². The number of H-pyrrole nitrogens is 1. The summed E-state index contributed by atoms with van der Waals surface area (Å²) in [5.41, 5.74) is 1.14. The summed E-state index contributed by atoms with van der Waals surface area (Å²) < 4.78 is 0.812. The van der Waals surface area contributed by atoms with Gasteiger partial charge in [0.25, 0.3) is 0 Å². The van der Waals surface area contributed by atoms with Crippen molar-refractivity contribution >= 4 is 35.2 Å². The first kappa shape index (κ1) is 9.90. The molecule has 0 atom stereocenters. The van der Waals surface area contributed by atoms with Crippen LogP contribution in [0.3, 0.4) is 0 Å². The van der Waals surface area contributed by atoms with Crippen LogP contribution >= 0.6 is 35.2 Å². The van der Waals surface area contributed by atoms with Gasteiger partial charge in [-0.3, -0.25) is 0 Å². The average molecular weight is 242 g/mol. The molecule has 14 heavy (non-hydrogen) atoms. The molecule has 0 saturated heterocycles. The minimum atomic E-state index is 0.812. The number of rotatable bonds is 2. The van der Waals surface area contributed by atoms with Crippen molar-refractivity contribution in [3.63, 3.8) is 0 Å². The smallest absolute Gasteiger partial charge is 0.158 e. The highest BCUT2D eigenvalue weighted by Gasteiger charge is 2.01. The van der Waals surface area contributed by atoms with Crippen molar-refractivity contribution in [1.29, 1.82) is 0 Å². The van der Waals surface area contributed by atoms with Gasteiger partial charge in [0, 0.05) is 22.5 Å². The van der Waals surface area contributed by atoms with Gasteiger partial charge in [0.2, 0.25) is 0 Å². The first-order valence-electron chi connectivity index (χ1n) is 4.16. The summed E-state index contributed by atoms with van der Waals surface area (Å²) in [5, 5.41) is 0.812. The van der Waals surface area contributed by atoms with Gasteiger partial charge >= 0.3 is 0 Å². The normalized spacial score (nSPS) is 10.4. The molecule has 0 amide bonds. The Bertz CT molecular complexity index is 487. The van der Waals surface area contributed by atoms with Crippen molar-refractivity contribution in [2.45, 2.75) is 6.42 Å². The van der Waals surface area contributed by atoms with E-state index in [1.165, 1.54) is 4.88 Å². The Balaban J connectivity index is 2.27. The zero-order valence-corrected chi connectivity index (χ0v) is 9.68. The summed E-state index contributed by atoms with van der Waals surface area (Å²) in [4.78, 5) is 4.21. The van der Waals surface area contributed by atoms with E-state index in [-0.39, 0.29) is 0 Å². The molecule has 2 rings (SSSR count). The van der Waals surface area contributed by atoms with Gasteiger partial charge in [-0.25, -0.2) is 0 Å². The molecule has 0 bridgehead atoms. The molecule has 0 saturated carbocycles. The molecule has 1 N–H and O–H groups in total. The third-order valence-corrected chi connectivity index (χ3v) is 3.46. The molecule has 2 aromatic rings. The van der Waals surface area contributed by atoms with Crippen LogP contribution in [-0.2, 0) is 6.42 Å². The summed E-state index contributed by atoms with van der Waals surface area (Å²) in [5.74, 6) is 0. The molecular weight excluding hydrogens is 234 g/mol. The number of halogens is 1. The van der Waals surface area contributed by atoms with Gasteiger partial charge in [-0.15, -0.1) is 11.3 Å². The van der Waals surface area contributed by atoms with Crippen LogP contribution < -0.4 is 0 Å². The Kier molecular flexibility index (Phi) is 3.01. The van der Waals surface area contributed by atoms with E-state index in [1.807, 2.05) is 30.5 Å². The lowest BCUT2D eigenvalue weighted by atomic mass is 10.1. The van der Waals surface area contributed by atoms with Gasteiger partial charge < -0.3 is 4.98 Å². The van der Waals surface area contributed by atoms with Crippen molar-refractivity contribution in [3.05, 3.63) is 49.9 Å². The number of aromatic nitrogens is 1. The maximum Gasteiger partial charge on any atom is 0.158 e. The Morgan fingerprint density at radius 1 is 1.36 bits per heavy atom. The third-order valence-electron chi connectivity index (χ3n) is 1.90. The Hall–Kier alpha value is -0.640. The highest BCUT2D eigenvalue weighted by molar-refractivity contribution is 7.73. The molecule has 0 radical (unpaired) electrons. The van der Waals surface area contributed by atoms with E-state index in [2.05, 4.69) is 4.98 Å². The number of hydrogen-bond acceptors (Lipinski definition) is 2. The Morgan fingerprint density at radius 2 is 2.14 bits per heavy atom. The summed E-state index contributed by atoms with van der Waals surface area (Å²) in [7, 11) is 0. The third kappa shape index (κ3) is 2.23. The van der Waals surface area contributed by atoms with E-state index in [4.69, 9.17) is 23.8 Å². The average Bonchev–Trinajstić information content (AvgIpc) is 2.56. The number of hydrogen-bond donors (Lipinski definition) is 1. The van der Waals surface area contributed by atoms with Crippen LogP contribution in [0, 0.1) is 3.95 Å². The first-order chi connectivity index (χ1) is 6.75. The van der Waals surface area contributed by atoms with Gasteiger partial charge in [-0.1, -0.05) is 29.8 Å². The van der Waals surface area contributed by atoms with Gasteiger partial charge in [-0.05, 0) is 23.8 Å². The molecule has 1 nitrogen and oxygen atoms in total. The minimum absolute atomic E-state index is 0.812. The van der Waals surface area contributed by atoms with Gasteiger partial charge in [0.1, 0.15) is 0 Å². The molecule has 0 aliphatic heterocycles. The van der Waals surface area contributed by atoms with E-state index in [9.17, 15) is 0 Å². The predicted molar refractivity (Wildman–Crippen MR) is 63.8 cm³/mol. The molecule has 72 valence electrons.